The molecule has 0 aliphatic carbocycles. The van der Waals surface area contributed by atoms with Crippen LogP contribution >= 0.6 is 12.2 Å². The van der Waals surface area contributed by atoms with Gasteiger partial charge in [-0.25, -0.2) is 0 Å². The van der Waals surface area contributed by atoms with E-state index >= 15 is 0 Å². The molecule has 1 rings (SSSR count). The first-order chi connectivity index (χ1) is 10.9. The Labute approximate surface area is 140 Å². The first kappa shape index (κ1) is 19.0. The lowest BCUT2D eigenvalue weighted by Crippen LogP contribution is -2.23. The van der Waals surface area contributed by atoms with E-state index in [1.807, 2.05) is 0 Å². The minimum absolute atomic E-state index is 0.0108. The smallest absolute Gasteiger partial charge is 0.352 e. The van der Waals surface area contributed by atoms with Gasteiger partial charge in [0.15, 0.2) is 0 Å². The molecule has 0 fully saturated rings. The van der Waals surface area contributed by atoms with Crippen molar-refractivity contribution in [3.63, 3.8) is 0 Å². The molecule has 1 aromatic carbocycles. The summed E-state index contributed by atoms with van der Waals surface area (Å²) in [5.41, 5.74) is -1.11. The summed E-state index contributed by atoms with van der Waals surface area (Å²) in [5.74, 6) is -2.16. The summed E-state index contributed by atoms with van der Waals surface area (Å²) >= 11 is 5.07. The van der Waals surface area contributed by atoms with Crippen molar-refractivity contribution in [1.29, 1.82) is 0 Å². The molecular weight excluding hydrogens is 320 g/mol. The van der Waals surface area contributed by atoms with E-state index in [1.54, 1.807) is 0 Å². The van der Waals surface area contributed by atoms with Gasteiger partial charge in [0, 0.05) is 12.6 Å². The molecule has 128 valence electrons. The second kappa shape index (κ2) is 9.14. The van der Waals surface area contributed by atoms with Crippen LogP contribution < -0.4 is 5.32 Å². The number of unbranched alkanes of at least 4 members (excludes halogenated alkanes) is 5. The summed E-state index contributed by atoms with van der Waals surface area (Å²) < 4.78 is 0. The fourth-order valence-electron chi connectivity index (χ4n) is 2.23. The Balaban J connectivity index is 2.66. The Morgan fingerprint density at radius 3 is 2.39 bits per heavy atom. The van der Waals surface area contributed by atoms with Gasteiger partial charge in [0.2, 0.25) is 11.5 Å². The maximum atomic E-state index is 10.9. The zero-order valence-corrected chi connectivity index (χ0v) is 13.9. The van der Waals surface area contributed by atoms with Crippen molar-refractivity contribution in [2.45, 2.75) is 45.4 Å². The molecule has 0 spiro atoms. The van der Waals surface area contributed by atoms with Crippen LogP contribution in [0.5, 0.6) is 17.2 Å². The van der Waals surface area contributed by atoms with E-state index in [2.05, 4.69) is 12.2 Å². The van der Waals surface area contributed by atoms with Crippen LogP contribution in [0.4, 0.5) is 5.69 Å². The van der Waals surface area contributed by atoms with Crippen LogP contribution in [0.15, 0.2) is 6.07 Å². The van der Waals surface area contributed by atoms with Crippen LogP contribution in [0.1, 0.15) is 51.0 Å². The molecule has 0 saturated heterocycles. The van der Waals surface area contributed by atoms with Gasteiger partial charge in [0.05, 0.1) is 10.5 Å². The van der Waals surface area contributed by atoms with Gasteiger partial charge in [-0.15, -0.1) is 0 Å². The van der Waals surface area contributed by atoms with Crippen LogP contribution in [0, 0.1) is 10.1 Å². The van der Waals surface area contributed by atoms with Gasteiger partial charge in [-0.2, -0.15) is 0 Å². The van der Waals surface area contributed by atoms with Gasteiger partial charge < -0.3 is 20.6 Å². The van der Waals surface area contributed by atoms with Gasteiger partial charge in [-0.3, -0.25) is 10.1 Å². The number of phenols is 3. The number of thiocarbonyl (C=S) groups is 1. The largest absolute Gasteiger partial charge is 0.507 e. The molecule has 0 unspecified atom stereocenters. The number of aromatic hydroxyl groups is 3. The summed E-state index contributed by atoms with van der Waals surface area (Å²) in [7, 11) is 0. The number of nitrogens with one attached hydrogen (secondary N) is 1. The summed E-state index contributed by atoms with van der Waals surface area (Å²) in [4.78, 5) is 9.94. The highest BCUT2D eigenvalue weighted by Crippen LogP contribution is 2.42. The Morgan fingerprint density at radius 1 is 1.17 bits per heavy atom. The molecule has 0 saturated carbocycles. The van der Waals surface area contributed by atoms with Crippen molar-refractivity contribution in [3.05, 3.63) is 21.7 Å². The van der Waals surface area contributed by atoms with Crippen molar-refractivity contribution in [2.24, 2.45) is 0 Å². The number of hydrogen-bond acceptors (Lipinski definition) is 6. The number of rotatable bonds is 9. The van der Waals surface area contributed by atoms with Crippen LogP contribution in [-0.4, -0.2) is 31.8 Å². The number of benzene rings is 1. The molecule has 1 aromatic rings. The van der Waals surface area contributed by atoms with Crippen LogP contribution in [-0.2, 0) is 0 Å². The molecule has 0 amide bonds. The van der Waals surface area contributed by atoms with Crippen LogP contribution in [0.2, 0.25) is 0 Å². The van der Waals surface area contributed by atoms with E-state index in [1.165, 1.54) is 19.3 Å². The quantitative estimate of drug-likeness (QED) is 0.235. The molecule has 0 radical (unpaired) electrons. The Hall–Kier alpha value is -2.09. The minimum Gasteiger partial charge on any atom is -0.507 e. The van der Waals surface area contributed by atoms with E-state index in [4.69, 9.17) is 12.2 Å². The number of nitrogens with zero attached hydrogens (tertiary/aromatic N) is 1. The number of hydrogen-bond donors (Lipinski definition) is 4. The molecule has 8 heteroatoms. The lowest BCUT2D eigenvalue weighted by atomic mass is 10.1. The normalized spacial score (nSPS) is 10.5. The molecule has 4 N–H and O–H groups in total. The number of nitro groups is 1. The molecule has 0 atom stereocenters. The third kappa shape index (κ3) is 5.24. The van der Waals surface area contributed by atoms with Crippen molar-refractivity contribution in [3.8, 4) is 17.2 Å². The van der Waals surface area contributed by atoms with Crippen molar-refractivity contribution in [2.75, 3.05) is 6.54 Å². The highest BCUT2D eigenvalue weighted by atomic mass is 32.1. The fraction of sp³-hybridized carbons (Fsp3) is 0.533. The summed E-state index contributed by atoms with van der Waals surface area (Å²) in [6, 6.07) is 0.798. The Bertz CT molecular complexity index is 577. The minimum atomic E-state index is -0.927. The lowest BCUT2D eigenvalue weighted by Gasteiger charge is -2.12. The molecular formula is C15H22N2O5S. The second-order valence-corrected chi connectivity index (χ2v) is 5.68. The molecule has 0 aliphatic heterocycles. The molecule has 0 heterocycles. The summed E-state index contributed by atoms with van der Waals surface area (Å²) in [6.45, 7) is 2.69. The van der Waals surface area contributed by atoms with E-state index in [0.717, 1.165) is 25.3 Å². The monoisotopic (exact) mass is 342 g/mol. The maximum absolute atomic E-state index is 10.9. The van der Waals surface area contributed by atoms with Crippen molar-refractivity contribution >= 4 is 22.9 Å². The van der Waals surface area contributed by atoms with Gasteiger partial charge in [0.1, 0.15) is 10.7 Å². The first-order valence-corrected chi connectivity index (χ1v) is 8.01. The van der Waals surface area contributed by atoms with Gasteiger partial charge >= 0.3 is 5.69 Å². The third-order valence-corrected chi connectivity index (χ3v) is 3.81. The van der Waals surface area contributed by atoms with E-state index in [-0.39, 0.29) is 10.6 Å². The molecule has 0 aromatic heterocycles. The molecule has 23 heavy (non-hydrogen) atoms. The third-order valence-electron chi connectivity index (χ3n) is 3.46. The van der Waals surface area contributed by atoms with Gasteiger partial charge in [-0.05, 0) is 6.42 Å². The zero-order valence-electron chi connectivity index (χ0n) is 13.0. The highest BCUT2D eigenvalue weighted by molar-refractivity contribution is 7.80. The number of phenolic OH excluding ortho intramolecular Hbond substituents is 3. The predicted molar refractivity (Wildman–Crippen MR) is 91.2 cm³/mol. The standard InChI is InChI=1S/C15H22N2O5S/c1-2-3-4-5-6-7-8-16-15(23)12-10(18)9-11(19)13(14(12)20)17(21)22/h9,18-20H,2-8H2,1H3,(H,16,23). The second-order valence-electron chi connectivity index (χ2n) is 5.27. The van der Waals surface area contributed by atoms with Crippen molar-refractivity contribution in [1.82, 2.24) is 5.32 Å². The lowest BCUT2D eigenvalue weighted by molar-refractivity contribution is -0.386. The summed E-state index contributed by atoms with van der Waals surface area (Å²) in [6.07, 6.45) is 6.61. The van der Waals surface area contributed by atoms with E-state index in [9.17, 15) is 25.4 Å². The first-order valence-electron chi connectivity index (χ1n) is 7.60. The van der Waals surface area contributed by atoms with Gasteiger partial charge in [-0.1, -0.05) is 51.2 Å². The maximum Gasteiger partial charge on any atom is 0.352 e. The SMILES string of the molecule is CCCCCCCCNC(=S)c1c(O)cc(O)c([N+](=O)[O-])c1O. The van der Waals surface area contributed by atoms with Crippen LogP contribution in [0.3, 0.4) is 0 Å². The topological polar surface area (TPSA) is 116 Å². The summed E-state index contributed by atoms with van der Waals surface area (Å²) in [5, 5.41) is 42.8. The van der Waals surface area contributed by atoms with E-state index in [0.29, 0.717) is 6.54 Å². The Morgan fingerprint density at radius 2 is 1.78 bits per heavy atom. The number of nitro benzene ring substituents is 1. The van der Waals surface area contributed by atoms with Gasteiger partial charge in [0.25, 0.3) is 0 Å². The average molecular weight is 342 g/mol. The van der Waals surface area contributed by atoms with Crippen LogP contribution in [0.25, 0.3) is 0 Å². The molecule has 0 aliphatic rings. The predicted octanol–water partition coefficient (Wildman–Crippen LogP) is 3.34. The molecule has 0 bridgehead atoms. The average Bonchev–Trinajstić information content (AvgIpc) is 2.45. The fourth-order valence-corrected chi connectivity index (χ4v) is 2.53. The molecule has 7 nitrogen and oxygen atoms in total. The zero-order chi connectivity index (χ0) is 17.4. The Kier molecular flexibility index (Phi) is 7.53. The van der Waals surface area contributed by atoms with E-state index < -0.39 is 27.9 Å². The highest BCUT2D eigenvalue weighted by Gasteiger charge is 2.28. The van der Waals surface area contributed by atoms with Crippen molar-refractivity contribution < 1.29 is 20.2 Å².